The number of hydrogen-bond donors (Lipinski definition) is 10. The fraction of sp³-hybridized carbons (Fsp3) is 0.621. The Bertz CT molecular complexity index is 3190. The second-order valence-electron chi connectivity index (χ2n) is 22.0. The molecule has 0 spiro atoms. The smallest absolute Gasteiger partial charge is 0.336 e. The summed E-state index contributed by atoms with van der Waals surface area (Å²) in [7, 11) is 1.31. The molecule has 2 aromatic rings. The Kier molecular flexibility index (Phi) is 64.5. The van der Waals surface area contributed by atoms with Crippen molar-refractivity contribution in [3.05, 3.63) is 114 Å². The maximum Gasteiger partial charge on any atom is 0.336 e. The van der Waals surface area contributed by atoms with Crippen molar-refractivity contribution >= 4 is 192 Å². The molecule has 2 rings (SSSR count). The van der Waals surface area contributed by atoms with Gasteiger partial charge in [-0.3, -0.25) is 47.9 Å². The second-order valence-corrected chi connectivity index (χ2v) is 26.4. The van der Waals surface area contributed by atoms with Crippen LogP contribution >= 0.6 is 126 Å². The lowest BCUT2D eigenvalue weighted by Crippen LogP contribution is -2.55. The van der Waals surface area contributed by atoms with Crippen LogP contribution in [0, 0.1) is 10.8 Å². The summed E-state index contributed by atoms with van der Waals surface area (Å²) in [5, 5.41) is 0. The minimum absolute atomic E-state index is 0.00157. The number of thiol groups is 10. The third kappa shape index (κ3) is 47.1. The molecule has 2 aromatic heterocycles. The van der Waals surface area contributed by atoms with Crippen LogP contribution < -0.4 is 34.1 Å². The van der Waals surface area contributed by atoms with Crippen molar-refractivity contribution in [2.75, 3.05) is 131 Å². The molecule has 0 aromatic carbocycles. The first-order valence-electron chi connectivity index (χ1n) is 33.5. The van der Waals surface area contributed by atoms with Gasteiger partial charge in [-0.05, 0) is 6.42 Å². The molecule has 624 valence electrons. The van der Waals surface area contributed by atoms with Gasteiger partial charge >= 0.3 is 99.8 Å². The highest BCUT2D eigenvalue weighted by molar-refractivity contribution is 7.81. The first kappa shape index (κ1) is 108. The zero-order valence-corrected chi connectivity index (χ0v) is 70.3. The van der Waals surface area contributed by atoms with Crippen molar-refractivity contribution in [1.82, 2.24) is 27.4 Å². The summed E-state index contributed by atoms with van der Waals surface area (Å²) in [6, 6.07) is 0. The molecule has 2 heterocycles. The molecular weight excluding hydrogens is 1650 g/mol. The van der Waals surface area contributed by atoms with Crippen molar-refractivity contribution in [1.29, 1.82) is 0 Å². The number of aromatic nitrogens is 6. The molecule has 0 aliphatic carbocycles. The molecule has 0 saturated carbocycles. The van der Waals surface area contributed by atoms with Crippen molar-refractivity contribution in [2.24, 2.45) is 10.8 Å². The van der Waals surface area contributed by atoms with Gasteiger partial charge in [0.25, 0.3) is 0 Å². The highest BCUT2D eigenvalue weighted by Gasteiger charge is 2.38. The quantitative estimate of drug-likeness (QED) is 0.0149. The molecule has 34 nitrogen and oxygen atoms in total. The molecule has 110 heavy (non-hydrogen) atoms. The SMILES string of the molecule is C=CC(=O)OC.C=CCn1c(=O)n(CC=C)c(=O)n(CC=C)c1=O.CCC(COC(=O)CCS)(COC(=O)CCS)COC(=O)CCS.O=C(CCS)OCC(COC(=O)CCS)(COC(=O)CCS)COC(=O)CCS.O=C(CCS)OCCn1c(=O)n(CCOC(=O)CCS)c(=O)n(CCOC(=O)CCS)c1=O. The van der Waals surface area contributed by atoms with Gasteiger partial charge in [-0.1, -0.05) is 31.7 Å². The first-order chi connectivity index (χ1) is 52.4. The van der Waals surface area contributed by atoms with E-state index in [2.05, 4.69) is 157 Å². The summed E-state index contributed by atoms with van der Waals surface area (Å²) in [6.07, 6.45) is 6.85. The number of esters is 11. The molecule has 0 fully saturated rings. The van der Waals surface area contributed by atoms with E-state index in [0.29, 0.717) is 23.7 Å². The standard InChI is InChI=1S/C18H27N3O9S3.C17H28O8S4.C15H26O6S3.C12H15N3O3.C4H6O2/c22-13(1-10-31)28-7-4-19-16(25)20(5-8-29-14(23)2-11-32)18(27)21(17(19)26)6-9-30-15(24)3-12-33;18-13(1-5-26)22-9-17(10-23-14(19)2-6-27,11-24-15(20)3-7-28)12-25-16(21)4-8-29;1-2-15(9-19-12(16)3-6-22,10-20-13(17)4-7-23)11-21-14(18)5-8-24;1-4-7-13-10(16)14(8-5-2)12(18)15(9-6-3)11(13)17;1-3-4(5)6-2/h31-33H,1-12H2;26-29H,1-12H2;22-24H,2-11H2,1H3;4-6H,1-3,7-9H2;3H,1H2,2H3. The maximum atomic E-state index is 12.7. The summed E-state index contributed by atoms with van der Waals surface area (Å²) < 4.78 is 60.5. The third-order valence-corrected chi connectivity index (χ3v) is 15.7. The Morgan fingerprint density at radius 3 is 0.618 bits per heavy atom. The average Bonchev–Trinajstić information content (AvgIpc) is 0.792. The van der Waals surface area contributed by atoms with Crippen LogP contribution in [0.15, 0.2) is 79.4 Å². The van der Waals surface area contributed by atoms with Crippen LogP contribution in [0.3, 0.4) is 0 Å². The van der Waals surface area contributed by atoms with Crippen LogP contribution in [0.4, 0.5) is 0 Å². The van der Waals surface area contributed by atoms with Gasteiger partial charge in [-0.2, -0.15) is 126 Å². The van der Waals surface area contributed by atoms with Crippen LogP contribution in [-0.2, 0) is 144 Å². The monoisotopic (exact) mass is 1750 g/mol. The van der Waals surface area contributed by atoms with Crippen LogP contribution in [0.2, 0.25) is 0 Å². The van der Waals surface area contributed by atoms with E-state index in [4.69, 9.17) is 47.4 Å². The molecule has 0 N–H and O–H groups in total. The Morgan fingerprint density at radius 2 is 0.473 bits per heavy atom. The molecular formula is C66H102N6O28S10. The summed E-state index contributed by atoms with van der Waals surface area (Å²) in [5.41, 5.74) is -6.88. The van der Waals surface area contributed by atoms with E-state index in [0.717, 1.165) is 33.5 Å². The van der Waals surface area contributed by atoms with Gasteiger partial charge < -0.3 is 52.1 Å². The minimum Gasteiger partial charge on any atom is -0.466 e. The molecule has 0 atom stereocenters. The summed E-state index contributed by atoms with van der Waals surface area (Å²) in [4.78, 5) is 200. The second kappa shape index (κ2) is 65.9. The molecule has 0 aliphatic rings. The number of carbonyl (C=O) groups is 11. The van der Waals surface area contributed by atoms with Crippen LogP contribution in [-0.4, -0.2) is 224 Å². The van der Waals surface area contributed by atoms with Gasteiger partial charge in [0.15, 0.2) is 0 Å². The Balaban J connectivity index is -0.00000138. The fourth-order valence-corrected chi connectivity index (χ4v) is 9.41. The largest absolute Gasteiger partial charge is 0.466 e. The highest BCUT2D eigenvalue weighted by Crippen LogP contribution is 2.26. The van der Waals surface area contributed by atoms with E-state index in [-0.39, 0.29) is 210 Å². The number of methoxy groups -OCH3 is 1. The molecule has 0 amide bonds. The molecule has 0 radical (unpaired) electrons. The van der Waals surface area contributed by atoms with Crippen molar-refractivity contribution < 1.29 is 105 Å². The van der Waals surface area contributed by atoms with E-state index in [1.54, 1.807) is 0 Å². The topological polar surface area (TPSA) is 421 Å². The number of nitrogens with zero attached hydrogens (tertiary/aromatic N) is 6. The zero-order valence-electron chi connectivity index (χ0n) is 61.4. The lowest BCUT2D eigenvalue weighted by molar-refractivity contribution is -0.171. The number of ether oxygens (including phenoxy) is 11. The summed E-state index contributed by atoms with van der Waals surface area (Å²) >= 11 is 39.6. The number of hydrogen-bond acceptors (Lipinski definition) is 38. The minimum atomic E-state index is -1.25. The van der Waals surface area contributed by atoms with Crippen molar-refractivity contribution in [2.45, 2.75) is 117 Å². The summed E-state index contributed by atoms with van der Waals surface area (Å²) in [5.74, 6) is -2.27. The van der Waals surface area contributed by atoms with Crippen LogP contribution in [0.25, 0.3) is 0 Å². The van der Waals surface area contributed by atoms with Gasteiger partial charge in [0.1, 0.15) is 71.5 Å². The van der Waals surface area contributed by atoms with E-state index >= 15 is 0 Å². The Morgan fingerprint density at radius 1 is 0.300 bits per heavy atom. The molecule has 44 heteroatoms. The number of rotatable bonds is 51. The van der Waals surface area contributed by atoms with Gasteiger partial charge in [0, 0.05) is 63.6 Å². The van der Waals surface area contributed by atoms with Gasteiger partial charge in [0.2, 0.25) is 0 Å². The number of allylic oxidation sites excluding steroid dienone is 3. The predicted octanol–water partition coefficient (Wildman–Crippen LogP) is 2.23. The Hall–Kier alpha value is -6.55. The maximum absolute atomic E-state index is 12.7. The van der Waals surface area contributed by atoms with E-state index in [1.165, 1.54) is 25.3 Å². The molecule has 0 saturated heterocycles. The normalized spacial score (nSPS) is 10.5. The molecule has 0 unspecified atom stereocenters. The third-order valence-electron chi connectivity index (χ3n) is 13.5. The lowest BCUT2D eigenvalue weighted by Gasteiger charge is -2.31. The fourth-order valence-electron chi connectivity index (χ4n) is 7.58. The van der Waals surface area contributed by atoms with Crippen molar-refractivity contribution in [3.63, 3.8) is 0 Å². The number of carbonyl (C=O) groups excluding carboxylic acids is 11. The molecule has 0 aliphatic heterocycles. The van der Waals surface area contributed by atoms with E-state index in [1.807, 2.05) is 6.92 Å². The molecule has 0 bridgehead atoms. The van der Waals surface area contributed by atoms with E-state index in [9.17, 15) is 81.5 Å². The average molecular weight is 1750 g/mol. The zero-order chi connectivity index (χ0) is 84.0. The van der Waals surface area contributed by atoms with Gasteiger partial charge in [0.05, 0.1) is 116 Å². The van der Waals surface area contributed by atoms with E-state index < -0.39 is 111 Å². The van der Waals surface area contributed by atoms with Gasteiger partial charge in [-0.15, -0.1) is 19.7 Å². The predicted molar refractivity (Wildman–Crippen MR) is 441 cm³/mol. The first-order valence-corrected chi connectivity index (χ1v) is 39.8. The van der Waals surface area contributed by atoms with Gasteiger partial charge in [-0.25, -0.2) is 61.0 Å². The van der Waals surface area contributed by atoms with Crippen molar-refractivity contribution in [3.8, 4) is 0 Å². The highest BCUT2D eigenvalue weighted by atomic mass is 32.1. The van der Waals surface area contributed by atoms with Crippen LogP contribution in [0.1, 0.15) is 77.6 Å². The van der Waals surface area contributed by atoms with Crippen LogP contribution in [0.5, 0.6) is 0 Å². The lowest BCUT2D eigenvalue weighted by atomic mass is 9.88. The summed E-state index contributed by atoms with van der Waals surface area (Å²) in [6.45, 7) is 12.7. The Labute approximate surface area is 691 Å².